The van der Waals surface area contributed by atoms with Crippen LogP contribution >= 0.6 is 0 Å². The first-order valence-electron chi connectivity index (χ1n) is 8.09. The van der Waals surface area contributed by atoms with Crippen molar-refractivity contribution in [2.75, 3.05) is 0 Å². The maximum absolute atomic E-state index is 12.9. The molecule has 0 aliphatic heterocycles. The van der Waals surface area contributed by atoms with Crippen LogP contribution in [0.2, 0.25) is 0 Å². The van der Waals surface area contributed by atoms with Gasteiger partial charge in [-0.05, 0) is 29.2 Å². The van der Waals surface area contributed by atoms with Gasteiger partial charge in [-0.25, -0.2) is 5.84 Å². The van der Waals surface area contributed by atoms with E-state index in [4.69, 9.17) is 5.84 Å². The molecule has 3 N–H and O–H groups in total. The van der Waals surface area contributed by atoms with Crippen molar-refractivity contribution in [3.8, 4) is 0 Å². The summed E-state index contributed by atoms with van der Waals surface area (Å²) in [6.45, 7) is 6.38. The SMILES string of the molecule is CC(C)(C)c1ccc(C(=O)n2cc(C(=O)NN)c3ccccc32)cc1. The molecule has 128 valence electrons. The molecule has 0 aliphatic carbocycles. The minimum Gasteiger partial charge on any atom is -0.290 e. The number of nitrogens with zero attached hydrogens (tertiary/aromatic N) is 1. The molecule has 3 aromatic rings. The van der Waals surface area contributed by atoms with Crippen molar-refractivity contribution < 1.29 is 9.59 Å². The van der Waals surface area contributed by atoms with Crippen molar-refractivity contribution in [1.29, 1.82) is 0 Å². The number of benzene rings is 2. The van der Waals surface area contributed by atoms with Gasteiger partial charge in [-0.3, -0.25) is 19.6 Å². The number of para-hydroxylation sites is 1. The van der Waals surface area contributed by atoms with Gasteiger partial charge in [0.05, 0.1) is 11.1 Å². The number of hydrazine groups is 1. The molecular weight excluding hydrogens is 314 g/mol. The molecule has 0 spiro atoms. The lowest BCUT2D eigenvalue weighted by Gasteiger charge is -2.19. The third-order valence-electron chi connectivity index (χ3n) is 4.30. The summed E-state index contributed by atoms with van der Waals surface area (Å²) in [6.07, 6.45) is 1.53. The molecule has 1 heterocycles. The van der Waals surface area contributed by atoms with Crippen LogP contribution in [0, 0.1) is 0 Å². The monoisotopic (exact) mass is 335 g/mol. The highest BCUT2D eigenvalue weighted by Crippen LogP contribution is 2.25. The lowest BCUT2D eigenvalue weighted by molar-refractivity contribution is 0.0955. The summed E-state index contributed by atoms with van der Waals surface area (Å²) in [7, 11) is 0. The maximum Gasteiger partial charge on any atom is 0.267 e. The van der Waals surface area contributed by atoms with Crippen molar-refractivity contribution in [3.05, 3.63) is 71.4 Å². The average molecular weight is 335 g/mol. The van der Waals surface area contributed by atoms with Crippen LogP contribution in [-0.4, -0.2) is 16.4 Å². The lowest BCUT2D eigenvalue weighted by atomic mass is 9.87. The molecule has 25 heavy (non-hydrogen) atoms. The van der Waals surface area contributed by atoms with Gasteiger partial charge in [0.2, 0.25) is 0 Å². The summed E-state index contributed by atoms with van der Waals surface area (Å²) in [5.41, 5.74) is 4.91. The Morgan fingerprint density at radius 2 is 1.64 bits per heavy atom. The number of hydrogen-bond donors (Lipinski definition) is 2. The van der Waals surface area contributed by atoms with E-state index in [0.29, 0.717) is 22.0 Å². The van der Waals surface area contributed by atoms with Gasteiger partial charge in [-0.2, -0.15) is 0 Å². The van der Waals surface area contributed by atoms with Crippen molar-refractivity contribution in [2.24, 2.45) is 5.84 Å². The molecule has 5 nitrogen and oxygen atoms in total. The van der Waals surface area contributed by atoms with Crippen LogP contribution in [0.3, 0.4) is 0 Å². The highest BCUT2D eigenvalue weighted by atomic mass is 16.2. The molecule has 0 saturated carbocycles. The van der Waals surface area contributed by atoms with Gasteiger partial charge in [0, 0.05) is 17.1 Å². The van der Waals surface area contributed by atoms with E-state index in [1.165, 1.54) is 10.8 Å². The van der Waals surface area contributed by atoms with Crippen LogP contribution in [-0.2, 0) is 5.41 Å². The number of fused-ring (bicyclic) bond motifs is 1. The molecule has 0 bridgehead atoms. The zero-order valence-electron chi connectivity index (χ0n) is 14.5. The summed E-state index contributed by atoms with van der Waals surface area (Å²) < 4.78 is 1.49. The van der Waals surface area contributed by atoms with E-state index < -0.39 is 5.91 Å². The smallest absolute Gasteiger partial charge is 0.267 e. The second-order valence-electron chi connectivity index (χ2n) is 7.04. The zero-order valence-corrected chi connectivity index (χ0v) is 14.5. The third-order valence-corrected chi connectivity index (χ3v) is 4.30. The fraction of sp³-hybridized carbons (Fsp3) is 0.200. The average Bonchev–Trinajstić information content (AvgIpc) is 2.99. The Morgan fingerprint density at radius 1 is 1.00 bits per heavy atom. The summed E-state index contributed by atoms with van der Waals surface area (Å²) in [5.74, 6) is 4.64. The number of nitrogen functional groups attached to an aromatic ring is 1. The van der Waals surface area contributed by atoms with E-state index >= 15 is 0 Å². The highest BCUT2D eigenvalue weighted by molar-refractivity contribution is 6.11. The van der Waals surface area contributed by atoms with Crippen LogP contribution in [0.25, 0.3) is 10.9 Å². The Labute approximate surface area is 146 Å². The lowest BCUT2D eigenvalue weighted by Crippen LogP contribution is -2.29. The van der Waals surface area contributed by atoms with Crippen LogP contribution in [0.15, 0.2) is 54.7 Å². The summed E-state index contributed by atoms with van der Waals surface area (Å²) in [6, 6.07) is 14.8. The first-order valence-corrected chi connectivity index (χ1v) is 8.09. The molecule has 0 aliphatic rings. The highest BCUT2D eigenvalue weighted by Gasteiger charge is 2.19. The first-order chi connectivity index (χ1) is 11.8. The molecule has 2 aromatic carbocycles. The van der Waals surface area contributed by atoms with E-state index in [2.05, 4.69) is 26.2 Å². The fourth-order valence-electron chi connectivity index (χ4n) is 2.86. The molecule has 0 radical (unpaired) electrons. The minimum atomic E-state index is -0.425. The standard InChI is InChI=1S/C20H21N3O2/c1-20(2,3)14-10-8-13(9-11-14)19(25)23-12-16(18(24)22-21)15-6-4-5-7-17(15)23/h4-12H,21H2,1-3H3,(H,22,24). The molecule has 0 atom stereocenters. The number of carbonyl (C=O) groups is 2. The van der Waals surface area contributed by atoms with E-state index in [0.717, 1.165) is 5.56 Å². The maximum atomic E-state index is 12.9. The molecular formula is C20H21N3O2. The van der Waals surface area contributed by atoms with Crippen LogP contribution < -0.4 is 11.3 Å². The fourth-order valence-corrected chi connectivity index (χ4v) is 2.86. The normalized spacial score (nSPS) is 11.5. The Kier molecular flexibility index (Phi) is 4.18. The molecule has 0 unspecified atom stereocenters. The van der Waals surface area contributed by atoms with E-state index in [1.54, 1.807) is 6.07 Å². The van der Waals surface area contributed by atoms with Crippen LogP contribution in [0.1, 0.15) is 47.1 Å². The Hall–Kier alpha value is -2.92. The number of nitrogens with two attached hydrogens (primary N) is 1. The number of hydrogen-bond acceptors (Lipinski definition) is 3. The van der Waals surface area contributed by atoms with Crippen molar-refractivity contribution in [3.63, 3.8) is 0 Å². The second-order valence-corrected chi connectivity index (χ2v) is 7.04. The third kappa shape index (κ3) is 3.06. The minimum absolute atomic E-state index is 0.0219. The van der Waals surface area contributed by atoms with E-state index in [9.17, 15) is 9.59 Å². The molecule has 1 amide bonds. The molecule has 1 aromatic heterocycles. The predicted molar refractivity (Wildman–Crippen MR) is 98.5 cm³/mol. The Balaban J connectivity index is 2.07. The Bertz CT molecular complexity index is 947. The van der Waals surface area contributed by atoms with Crippen molar-refractivity contribution in [1.82, 2.24) is 9.99 Å². The molecule has 0 fully saturated rings. The number of rotatable bonds is 2. The first kappa shape index (κ1) is 16.9. The topological polar surface area (TPSA) is 77.1 Å². The number of carbonyl (C=O) groups excluding carboxylic acids is 2. The summed E-state index contributed by atoms with van der Waals surface area (Å²) >= 11 is 0. The zero-order chi connectivity index (χ0) is 18.2. The van der Waals surface area contributed by atoms with Crippen molar-refractivity contribution >= 4 is 22.7 Å². The largest absolute Gasteiger partial charge is 0.290 e. The summed E-state index contributed by atoms with van der Waals surface area (Å²) in [4.78, 5) is 24.9. The predicted octanol–water partition coefficient (Wildman–Crippen LogP) is 3.23. The molecule has 3 rings (SSSR count). The molecule has 0 saturated heterocycles. The van der Waals surface area contributed by atoms with Gasteiger partial charge in [0.1, 0.15) is 0 Å². The van der Waals surface area contributed by atoms with Gasteiger partial charge >= 0.3 is 0 Å². The van der Waals surface area contributed by atoms with Gasteiger partial charge < -0.3 is 0 Å². The quantitative estimate of drug-likeness (QED) is 0.429. The number of amides is 1. The van der Waals surface area contributed by atoms with Crippen LogP contribution in [0.5, 0.6) is 0 Å². The second kappa shape index (κ2) is 6.18. The Morgan fingerprint density at radius 3 is 2.24 bits per heavy atom. The number of nitrogens with one attached hydrogen (secondary N) is 1. The van der Waals surface area contributed by atoms with E-state index in [-0.39, 0.29) is 11.3 Å². The molecule has 5 heteroatoms. The van der Waals surface area contributed by atoms with Crippen molar-refractivity contribution in [2.45, 2.75) is 26.2 Å². The van der Waals surface area contributed by atoms with Gasteiger partial charge in [0.15, 0.2) is 0 Å². The van der Waals surface area contributed by atoms with Gasteiger partial charge in [0.25, 0.3) is 11.8 Å². The van der Waals surface area contributed by atoms with E-state index in [1.807, 2.05) is 42.5 Å². The van der Waals surface area contributed by atoms with Crippen LogP contribution in [0.4, 0.5) is 0 Å². The summed E-state index contributed by atoms with van der Waals surface area (Å²) in [5, 5.41) is 0.685. The van der Waals surface area contributed by atoms with Gasteiger partial charge in [-0.15, -0.1) is 0 Å². The van der Waals surface area contributed by atoms with Gasteiger partial charge in [-0.1, -0.05) is 51.1 Å². The number of aromatic nitrogens is 1.